The van der Waals surface area contributed by atoms with Gasteiger partial charge in [-0.25, -0.2) is 0 Å². The van der Waals surface area contributed by atoms with Crippen LogP contribution in [-0.2, 0) is 20.8 Å². The molecule has 2 heterocycles. The predicted molar refractivity (Wildman–Crippen MR) is 113 cm³/mol. The molecule has 4 rings (SSSR count). The fourth-order valence-corrected chi connectivity index (χ4v) is 4.68. The minimum atomic E-state index is -0.532. The summed E-state index contributed by atoms with van der Waals surface area (Å²) in [4.78, 5) is 39.7. The van der Waals surface area contributed by atoms with Crippen molar-refractivity contribution in [2.24, 2.45) is 0 Å². The van der Waals surface area contributed by atoms with E-state index >= 15 is 0 Å². The van der Waals surface area contributed by atoms with Crippen LogP contribution < -0.4 is 21.1 Å². The molecule has 2 aromatic carbocycles. The number of anilines is 2. The van der Waals surface area contributed by atoms with E-state index in [9.17, 15) is 14.4 Å². The number of para-hydroxylation sites is 2. The molecule has 0 fully saturated rings. The van der Waals surface area contributed by atoms with Crippen molar-refractivity contribution in [2.45, 2.75) is 29.4 Å². The molecule has 7 nitrogen and oxygen atoms in total. The molecule has 2 aliphatic rings. The first kappa shape index (κ1) is 19.3. The quantitative estimate of drug-likeness (QED) is 0.672. The van der Waals surface area contributed by atoms with Crippen LogP contribution in [-0.4, -0.2) is 36.1 Å². The largest absolute Gasteiger partial charge is 0.362 e. The second-order valence-electron chi connectivity index (χ2n) is 7.05. The lowest BCUT2D eigenvalue weighted by atomic mass is 10.0. The topological polar surface area (TPSA) is 90.5 Å². The van der Waals surface area contributed by atoms with E-state index in [-0.39, 0.29) is 24.8 Å². The second kappa shape index (κ2) is 8.57. The number of hydrogen-bond donors (Lipinski definition) is 3. The summed E-state index contributed by atoms with van der Waals surface area (Å²) in [6.07, 6.45) is 1.99. The normalized spacial score (nSPS) is 17.6. The van der Waals surface area contributed by atoms with Gasteiger partial charge in [0.1, 0.15) is 0 Å². The Hall–Kier alpha value is -3.00. The van der Waals surface area contributed by atoms with Crippen molar-refractivity contribution in [3.63, 3.8) is 0 Å². The Morgan fingerprint density at radius 1 is 1.07 bits per heavy atom. The van der Waals surface area contributed by atoms with Gasteiger partial charge >= 0.3 is 0 Å². The molecular weight excluding hydrogens is 388 g/mol. The van der Waals surface area contributed by atoms with Crippen molar-refractivity contribution in [3.8, 4) is 0 Å². The number of aryl methyl sites for hydroxylation is 1. The molecule has 8 heteroatoms. The van der Waals surface area contributed by atoms with Gasteiger partial charge < -0.3 is 10.2 Å². The van der Waals surface area contributed by atoms with Gasteiger partial charge in [0.05, 0.1) is 17.5 Å². The van der Waals surface area contributed by atoms with Crippen LogP contribution in [0.3, 0.4) is 0 Å². The molecule has 0 unspecified atom stereocenters. The van der Waals surface area contributed by atoms with E-state index in [1.807, 2.05) is 47.4 Å². The Kier molecular flexibility index (Phi) is 5.71. The maximum absolute atomic E-state index is 12.3. The van der Waals surface area contributed by atoms with Crippen LogP contribution in [0.1, 0.15) is 18.4 Å². The third-order valence-electron chi connectivity index (χ3n) is 4.96. The Morgan fingerprint density at radius 3 is 2.72 bits per heavy atom. The summed E-state index contributed by atoms with van der Waals surface area (Å²) in [6.45, 7) is 0.972. The lowest BCUT2D eigenvalue weighted by Gasteiger charge is -2.30. The van der Waals surface area contributed by atoms with Crippen molar-refractivity contribution in [1.82, 2.24) is 10.9 Å². The predicted octanol–water partition coefficient (Wildman–Crippen LogP) is 2.09. The van der Waals surface area contributed by atoms with Gasteiger partial charge in [0.15, 0.2) is 0 Å². The molecule has 2 aliphatic heterocycles. The number of benzene rings is 2. The minimum absolute atomic E-state index is 0.0162. The summed E-state index contributed by atoms with van der Waals surface area (Å²) < 4.78 is 0. The fraction of sp³-hybridized carbons (Fsp3) is 0.286. The monoisotopic (exact) mass is 410 g/mol. The highest BCUT2D eigenvalue weighted by Crippen LogP contribution is 2.36. The molecule has 150 valence electrons. The number of thioether (sulfide) groups is 1. The number of hydrazine groups is 1. The van der Waals surface area contributed by atoms with Gasteiger partial charge in [-0.05, 0) is 36.6 Å². The number of hydrogen-bond acceptors (Lipinski definition) is 5. The smallest absolute Gasteiger partial charge is 0.257 e. The van der Waals surface area contributed by atoms with Crippen molar-refractivity contribution in [1.29, 1.82) is 0 Å². The van der Waals surface area contributed by atoms with E-state index < -0.39 is 11.2 Å². The third-order valence-corrected chi connectivity index (χ3v) is 6.23. The van der Waals surface area contributed by atoms with Crippen LogP contribution in [0.15, 0.2) is 53.4 Å². The standard InChI is InChI=1S/C21H22N4O3S/c26-19(12-18-21(28)22-15-8-2-4-10-17(15)29-18)23-24-20(27)13-25-11-5-7-14-6-1-3-9-16(14)25/h1-4,6,8-10,18H,5,7,11-13H2,(H,22,28)(H,23,26)(H,24,27)/t18-/m1/s1. The summed E-state index contributed by atoms with van der Waals surface area (Å²) >= 11 is 1.35. The number of nitrogens with one attached hydrogen (secondary N) is 3. The first-order chi connectivity index (χ1) is 14.1. The molecule has 0 saturated heterocycles. The third kappa shape index (κ3) is 4.54. The Balaban J connectivity index is 1.27. The van der Waals surface area contributed by atoms with Crippen LogP contribution in [0.2, 0.25) is 0 Å². The molecule has 0 spiro atoms. The number of nitrogens with zero attached hydrogens (tertiary/aromatic N) is 1. The molecular formula is C21H22N4O3S. The van der Waals surface area contributed by atoms with Crippen LogP contribution in [0, 0.1) is 0 Å². The highest BCUT2D eigenvalue weighted by molar-refractivity contribution is 8.01. The molecule has 0 radical (unpaired) electrons. The number of carbonyl (C=O) groups is 3. The van der Waals surface area contributed by atoms with Gasteiger partial charge in [-0.2, -0.15) is 0 Å². The van der Waals surface area contributed by atoms with Crippen molar-refractivity contribution in [3.05, 3.63) is 54.1 Å². The number of fused-ring (bicyclic) bond motifs is 2. The molecule has 3 N–H and O–H groups in total. The van der Waals surface area contributed by atoms with E-state index in [4.69, 9.17) is 0 Å². The van der Waals surface area contributed by atoms with Gasteiger partial charge in [-0.3, -0.25) is 25.2 Å². The Bertz CT molecular complexity index is 949. The van der Waals surface area contributed by atoms with Crippen LogP contribution in [0.4, 0.5) is 11.4 Å². The molecule has 0 bridgehead atoms. The molecule has 2 aromatic rings. The Morgan fingerprint density at radius 2 is 1.83 bits per heavy atom. The van der Waals surface area contributed by atoms with Gasteiger partial charge in [0, 0.05) is 23.5 Å². The van der Waals surface area contributed by atoms with E-state index in [0.29, 0.717) is 0 Å². The molecule has 1 atom stereocenters. The van der Waals surface area contributed by atoms with E-state index in [1.165, 1.54) is 17.3 Å². The first-order valence-electron chi connectivity index (χ1n) is 9.57. The van der Waals surface area contributed by atoms with Crippen molar-refractivity contribution in [2.75, 3.05) is 23.3 Å². The van der Waals surface area contributed by atoms with E-state index in [0.717, 1.165) is 35.7 Å². The summed E-state index contributed by atoms with van der Waals surface area (Å²) in [5.41, 5.74) is 7.95. The lowest BCUT2D eigenvalue weighted by Crippen LogP contribution is -2.48. The molecule has 29 heavy (non-hydrogen) atoms. The molecule has 3 amide bonds. The summed E-state index contributed by atoms with van der Waals surface area (Å²) in [6, 6.07) is 15.5. The minimum Gasteiger partial charge on any atom is -0.362 e. The van der Waals surface area contributed by atoms with Gasteiger partial charge in [0.2, 0.25) is 11.8 Å². The summed E-state index contributed by atoms with van der Waals surface area (Å²) in [7, 11) is 0. The van der Waals surface area contributed by atoms with Gasteiger partial charge in [-0.15, -0.1) is 11.8 Å². The molecule has 0 aromatic heterocycles. The average Bonchev–Trinajstić information content (AvgIpc) is 2.73. The Labute approximate surface area is 173 Å². The maximum Gasteiger partial charge on any atom is 0.257 e. The van der Waals surface area contributed by atoms with E-state index in [1.54, 1.807) is 0 Å². The number of rotatable bonds is 4. The zero-order chi connectivity index (χ0) is 20.2. The maximum atomic E-state index is 12.3. The molecule has 0 aliphatic carbocycles. The SMILES string of the molecule is O=C(C[C@H]1Sc2ccccc2NC1=O)NNC(=O)CN1CCCc2ccccc21. The van der Waals surface area contributed by atoms with E-state index in [2.05, 4.69) is 22.2 Å². The summed E-state index contributed by atoms with van der Waals surface area (Å²) in [5.74, 6) is -0.898. The average molecular weight is 410 g/mol. The number of amides is 3. The highest BCUT2D eigenvalue weighted by atomic mass is 32.2. The lowest BCUT2D eigenvalue weighted by molar-refractivity contribution is -0.129. The second-order valence-corrected chi connectivity index (χ2v) is 8.29. The first-order valence-corrected chi connectivity index (χ1v) is 10.5. The van der Waals surface area contributed by atoms with Gasteiger partial charge in [-0.1, -0.05) is 30.3 Å². The van der Waals surface area contributed by atoms with Gasteiger partial charge in [0.25, 0.3) is 5.91 Å². The highest BCUT2D eigenvalue weighted by Gasteiger charge is 2.29. The zero-order valence-corrected chi connectivity index (χ0v) is 16.6. The van der Waals surface area contributed by atoms with Crippen LogP contribution in [0.5, 0.6) is 0 Å². The molecule has 0 saturated carbocycles. The van der Waals surface area contributed by atoms with Crippen molar-refractivity contribution >= 4 is 40.9 Å². The van der Waals surface area contributed by atoms with Crippen LogP contribution >= 0.6 is 11.8 Å². The van der Waals surface area contributed by atoms with Crippen molar-refractivity contribution < 1.29 is 14.4 Å². The summed E-state index contributed by atoms with van der Waals surface area (Å²) in [5, 5.41) is 2.28. The zero-order valence-electron chi connectivity index (χ0n) is 15.8. The number of carbonyl (C=O) groups excluding carboxylic acids is 3. The fourth-order valence-electron chi connectivity index (χ4n) is 3.57. The van der Waals surface area contributed by atoms with Crippen LogP contribution in [0.25, 0.3) is 0 Å².